The molecule has 6 atom stereocenters. The van der Waals surface area contributed by atoms with Crippen molar-refractivity contribution in [2.75, 3.05) is 6.54 Å². The van der Waals surface area contributed by atoms with Crippen molar-refractivity contribution in [3.63, 3.8) is 0 Å². The first-order valence-electron chi connectivity index (χ1n) is 11.4. The van der Waals surface area contributed by atoms with E-state index in [4.69, 9.17) is 0 Å². The summed E-state index contributed by atoms with van der Waals surface area (Å²) in [7, 11) is -2.77. The summed E-state index contributed by atoms with van der Waals surface area (Å²) >= 11 is 1.26. The number of aromatic nitrogens is 2. The fourth-order valence-corrected chi connectivity index (χ4v) is 6.17. The molecule has 11 heteroatoms. The van der Waals surface area contributed by atoms with Crippen molar-refractivity contribution >= 4 is 36.7 Å². The van der Waals surface area contributed by atoms with Gasteiger partial charge in [0, 0.05) is 0 Å². The second-order valence-electron chi connectivity index (χ2n) is 9.08. The van der Waals surface area contributed by atoms with Gasteiger partial charge in [-0.15, -0.1) is 0 Å². The molecule has 3 unspecified atom stereocenters. The molecule has 182 valence electrons. The van der Waals surface area contributed by atoms with Crippen molar-refractivity contribution in [1.29, 1.82) is 0 Å². The van der Waals surface area contributed by atoms with Gasteiger partial charge in [0.2, 0.25) is 0 Å². The van der Waals surface area contributed by atoms with Crippen LogP contribution in [0.4, 0.5) is 0 Å². The summed E-state index contributed by atoms with van der Waals surface area (Å²) in [4.78, 5) is 42.1. The average molecular weight is 532 g/mol. The Morgan fingerprint density at radius 2 is 1.97 bits per heavy atom. The molecule has 9 nitrogen and oxygen atoms in total. The van der Waals surface area contributed by atoms with Gasteiger partial charge in [-0.2, -0.15) is 0 Å². The summed E-state index contributed by atoms with van der Waals surface area (Å²) in [6.07, 6.45) is 8.18. The van der Waals surface area contributed by atoms with Gasteiger partial charge in [-0.25, -0.2) is 0 Å². The van der Waals surface area contributed by atoms with E-state index in [9.17, 15) is 24.2 Å². The van der Waals surface area contributed by atoms with Crippen molar-refractivity contribution in [1.82, 2.24) is 20.6 Å². The Labute approximate surface area is 199 Å². The van der Waals surface area contributed by atoms with Gasteiger partial charge >= 0.3 is 180 Å². The molecule has 1 saturated carbocycles. The summed E-state index contributed by atoms with van der Waals surface area (Å²) in [6.45, 7) is 3.69. The second kappa shape index (κ2) is 13.5. The fourth-order valence-electron chi connectivity index (χ4n) is 4.25. The van der Waals surface area contributed by atoms with Crippen molar-refractivity contribution < 1.29 is 24.2 Å². The van der Waals surface area contributed by atoms with E-state index in [0.717, 1.165) is 37.8 Å². The number of nitrogens with zero attached hydrogens (tertiary/aromatic N) is 1. The van der Waals surface area contributed by atoms with Gasteiger partial charge in [-0.3, -0.25) is 0 Å². The van der Waals surface area contributed by atoms with E-state index >= 15 is 0 Å². The van der Waals surface area contributed by atoms with Crippen LogP contribution in [0, 0.1) is 11.8 Å². The first-order chi connectivity index (χ1) is 15.2. The van der Waals surface area contributed by atoms with E-state index < -0.39 is 25.8 Å². The van der Waals surface area contributed by atoms with E-state index in [1.807, 2.05) is 13.8 Å². The third-order valence-corrected chi connectivity index (χ3v) is 8.61. The number of hydrogen-bond donors (Lipinski definition) is 5. The summed E-state index contributed by atoms with van der Waals surface area (Å²) < 4.78 is 11.6. The van der Waals surface area contributed by atoms with Crippen LogP contribution in [-0.2, 0) is 20.6 Å². The van der Waals surface area contributed by atoms with Crippen LogP contribution in [0.1, 0.15) is 58.1 Å². The molecular weight excluding hydrogens is 494 g/mol. The van der Waals surface area contributed by atoms with Gasteiger partial charge in [-0.1, -0.05) is 19.3 Å². The maximum atomic E-state index is 12.7. The standard InChI is InChI=1S/C21H38AsN4O5P/c1-13(2)19(26-20(28)17(22)8-15-10-23-12-25-15)21(29)24-11-16(27)9-18(32(30)31)14-6-4-3-5-7-14/h10,12-14,16-19,27,32H,3-9,11,22H2,1-2H3,(H,23,25)(H,24,29)(H,26,28)(H,30,31)/t16-,17+,18?,19+/m1/s1. The van der Waals surface area contributed by atoms with Crippen LogP contribution < -0.4 is 10.6 Å². The molecule has 1 heterocycles. The van der Waals surface area contributed by atoms with Gasteiger partial charge in [0.25, 0.3) is 0 Å². The number of rotatable bonds is 12. The molecule has 1 aliphatic carbocycles. The second-order valence-corrected chi connectivity index (χ2v) is 12.2. The molecule has 32 heavy (non-hydrogen) atoms. The Morgan fingerprint density at radius 3 is 2.53 bits per heavy atom. The molecular formula is C21H38AsN4O5P. The molecule has 0 radical (unpaired) electrons. The zero-order valence-corrected chi connectivity index (χ0v) is 22.3. The van der Waals surface area contributed by atoms with Gasteiger partial charge < -0.3 is 0 Å². The van der Waals surface area contributed by atoms with Crippen LogP contribution in [0.2, 0.25) is 4.71 Å². The molecule has 0 saturated heterocycles. The molecule has 0 bridgehead atoms. The number of aromatic amines is 1. The van der Waals surface area contributed by atoms with Gasteiger partial charge in [0.15, 0.2) is 0 Å². The normalized spacial score (nSPS) is 19.7. The minimum atomic E-state index is -2.77. The Kier molecular flexibility index (Phi) is 11.5. The quantitative estimate of drug-likeness (QED) is 0.199. The van der Waals surface area contributed by atoms with Gasteiger partial charge in [0.1, 0.15) is 0 Å². The number of aliphatic hydroxyl groups is 1. The molecule has 0 aromatic carbocycles. The summed E-state index contributed by atoms with van der Waals surface area (Å²) in [5.74, 6) is -0.549. The number of imidazole rings is 1. The van der Waals surface area contributed by atoms with Crippen LogP contribution in [0.5, 0.6) is 0 Å². The molecule has 0 spiro atoms. The number of hydrogen-bond acceptors (Lipinski definition) is 5. The Bertz CT molecular complexity index is 743. The number of amides is 2. The number of H-pyrrole nitrogens is 1. The van der Waals surface area contributed by atoms with Gasteiger partial charge in [-0.05, 0) is 0 Å². The molecule has 1 aromatic heterocycles. The minimum absolute atomic E-state index is 0.0109. The number of carbonyl (C=O) groups is 2. The molecule has 2 amide bonds. The van der Waals surface area contributed by atoms with Crippen LogP contribution in [-0.4, -0.2) is 73.0 Å². The third-order valence-electron chi connectivity index (χ3n) is 6.14. The predicted octanol–water partition coefficient (Wildman–Crippen LogP) is 0.798. The van der Waals surface area contributed by atoms with Crippen molar-refractivity contribution in [2.45, 2.75) is 81.3 Å². The molecule has 2 rings (SSSR count). The van der Waals surface area contributed by atoms with Crippen LogP contribution in [0.15, 0.2) is 12.5 Å². The van der Waals surface area contributed by atoms with E-state index in [-0.39, 0.29) is 41.3 Å². The average Bonchev–Trinajstić information content (AvgIpc) is 3.27. The van der Waals surface area contributed by atoms with E-state index in [2.05, 4.69) is 20.6 Å². The van der Waals surface area contributed by atoms with E-state index in [0.29, 0.717) is 6.42 Å². The van der Waals surface area contributed by atoms with Crippen LogP contribution in [0.3, 0.4) is 0 Å². The Balaban J connectivity index is 1.85. The maximum absolute atomic E-state index is 12.7. The summed E-state index contributed by atoms with van der Waals surface area (Å²) in [6, 6.07) is -0.724. The number of carbonyl (C=O) groups excluding carboxylic acids is 2. The predicted molar refractivity (Wildman–Crippen MR) is 127 cm³/mol. The van der Waals surface area contributed by atoms with E-state index in [1.54, 1.807) is 12.5 Å². The van der Waals surface area contributed by atoms with Crippen molar-refractivity contribution in [3.8, 4) is 0 Å². The molecule has 1 aliphatic rings. The first-order valence-corrected chi connectivity index (χ1v) is 14.2. The van der Waals surface area contributed by atoms with Crippen molar-refractivity contribution in [3.05, 3.63) is 18.2 Å². The summed E-state index contributed by atoms with van der Waals surface area (Å²) in [5.41, 5.74) is 0.372. The monoisotopic (exact) mass is 532 g/mol. The zero-order valence-electron chi connectivity index (χ0n) is 18.9. The summed E-state index contributed by atoms with van der Waals surface area (Å²) in [5, 5.41) is 16.0. The van der Waals surface area contributed by atoms with E-state index in [1.165, 1.54) is 16.9 Å². The molecule has 5 N–H and O–H groups in total. The molecule has 1 aromatic rings. The molecule has 0 aliphatic heterocycles. The molecule has 1 fully saturated rings. The first kappa shape index (κ1) is 27.1. The zero-order chi connectivity index (χ0) is 23.7. The fraction of sp³-hybridized carbons (Fsp3) is 0.762. The number of aliphatic hydroxyl groups excluding tert-OH is 1. The van der Waals surface area contributed by atoms with Gasteiger partial charge in [0.05, 0.1) is 0 Å². The van der Waals surface area contributed by atoms with Crippen LogP contribution >= 0.6 is 8.03 Å². The topological polar surface area (TPSA) is 144 Å². The number of nitrogens with one attached hydrogen (secondary N) is 3. The SMILES string of the molecule is CC(C)[C@H](NC(=O)[C@@H]([AsH2])Cc1c[nH]cn1)C(=O)NC[C@H](O)CC(C1CCCCC1)[PH](=O)O. The Morgan fingerprint density at radius 1 is 1.28 bits per heavy atom. The third kappa shape index (κ3) is 8.66. The Hall–Kier alpha value is -1.14. The van der Waals surface area contributed by atoms with Crippen LogP contribution in [0.25, 0.3) is 0 Å². The van der Waals surface area contributed by atoms with Crippen molar-refractivity contribution in [2.24, 2.45) is 11.8 Å².